The standard InChI is InChI=1S/C23H27N3O3S/c1-16-12-17(2)20-14-22(25-21(20)13-16)23(27)24-15-18-8-10-26(11-9-18)30(28,29)19-6-4-3-5-7-19/h3-7,12-14,18,25H,8-11,15H2,1-2H3,(H,24,27). The molecule has 7 heteroatoms. The van der Waals surface area contributed by atoms with Gasteiger partial charge in [0.2, 0.25) is 10.0 Å². The van der Waals surface area contributed by atoms with Gasteiger partial charge in [0.1, 0.15) is 5.69 Å². The minimum Gasteiger partial charge on any atom is -0.351 e. The lowest BCUT2D eigenvalue weighted by Crippen LogP contribution is -2.41. The Balaban J connectivity index is 1.34. The quantitative estimate of drug-likeness (QED) is 0.655. The van der Waals surface area contributed by atoms with Gasteiger partial charge >= 0.3 is 0 Å². The molecule has 2 aromatic carbocycles. The van der Waals surface area contributed by atoms with Crippen LogP contribution in [0.5, 0.6) is 0 Å². The molecule has 1 fully saturated rings. The van der Waals surface area contributed by atoms with Crippen LogP contribution in [0.4, 0.5) is 0 Å². The van der Waals surface area contributed by atoms with E-state index < -0.39 is 10.0 Å². The number of carbonyl (C=O) groups is 1. The average Bonchev–Trinajstić information content (AvgIpc) is 3.17. The second-order valence-electron chi connectivity index (χ2n) is 8.10. The lowest BCUT2D eigenvalue weighted by Gasteiger charge is -2.31. The number of sulfonamides is 1. The minimum absolute atomic E-state index is 0.123. The smallest absolute Gasteiger partial charge is 0.267 e. The van der Waals surface area contributed by atoms with Crippen LogP contribution in [0, 0.1) is 19.8 Å². The first-order chi connectivity index (χ1) is 14.3. The number of carbonyl (C=O) groups excluding carboxylic acids is 1. The van der Waals surface area contributed by atoms with Crippen molar-refractivity contribution in [1.82, 2.24) is 14.6 Å². The number of H-pyrrole nitrogens is 1. The molecule has 158 valence electrons. The van der Waals surface area contributed by atoms with Gasteiger partial charge in [0.05, 0.1) is 4.90 Å². The highest BCUT2D eigenvalue weighted by Gasteiger charge is 2.29. The van der Waals surface area contributed by atoms with Crippen molar-refractivity contribution in [3.63, 3.8) is 0 Å². The van der Waals surface area contributed by atoms with Crippen molar-refractivity contribution in [2.24, 2.45) is 5.92 Å². The molecule has 1 amide bonds. The van der Waals surface area contributed by atoms with Gasteiger partial charge in [0, 0.05) is 30.5 Å². The number of hydrogen-bond acceptors (Lipinski definition) is 3. The van der Waals surface area contributed by atoms with Gasteiger partial charge in [-0.25, -0.2) is 8.42 Å². The number of hydrogen-bond donors (Lipinski definition) is 2. The Labute approximate surface area is 177 Å². The fourth-order valence-corrected chi connectivity index (χ4v) is 5.64. The molecule has 4 rings (SSSR count). The maximum absolute atomic E-state index is 12.7. The van der Waals surface area contributed by atoms with E-state index in [2.05, 4.69) is 16.4 Å². The third-order valence-corrected chi connectivity index (χ3v) is 7.75. The molecule has 30 heavy (non-hydrogen) atoms. The van der Waals surface area contributed by atoms with Crippen molar-refractivity contribution in [3.05, 3.63) is 65.4 Å². The van der Waals surface area contributed by atoms with Gasteiger partial charge in [-0.05, 0) is 68.0 Å². The Bertz CT molecular complexity index is 1160. The number of aromatic nitrogens is 1. The van der Waals surface area contributed by atoms with Gasteiger partial charge in [0.25, 0.3) is 5.91 Å². The van der Waals surface area contributed by atoms with Crippen LogP contribution in [0.2, 0.25) is 0 Å². The first-order valence-corrected chi connectivity index (χ1v) is 11.7. The fraction of sp³-hybridized carbons (Fsp3) is 0.348. The molecule has 0 unspecified atom stereocenters. The Morgan fingerprint density at radius 2 is 1.80 bits per heavy atom. The molecule has 0 bridgehead atoms. The molecule has 2 N–H and O–H groups in total. The van der Waals surface area contributed by atoms with E-state index in [1.165, 1.54) is 0 Å². The molecule has 0 radical (unpaired) electrons. The minimum atomic E-state index is -3.44. The Kier molecular flexibility index (Phi) is 5.66. The van der Waals surface area contributed by atoms with Gasteiger partial charge in [0.15, 0.2) is 0 Å². The summed E-state index contributed by atoms with van der Waals surface area (Å²) in [4.78, 5) is 16.2. The third kappa shape index (κ3) is 4.13. The fourth-order valence-electron chi connectivity index (χ4n) is 4.15. The molecule has 1 aliphatic heterocycles. The Morgan fingerprint density at radius 3 is 2.50 bits per heavy atom. The summed E-state index contributed by atoms with van der Waals surface area (Å²) >= 11 is 0. The molecule has 6 nitrogen and oxygen atoms in total. The zero-order valence-electron chi connectivity index (χ0n) is 17.3. The topological polar surface area (TPSA) is 82.3 Å². The van der Waals surface area contributed by atoms with Gasteiger partial charge in [-0.2, -0.15) is 4.31 Å². The maximum atomic E-state index is 12.7. The summed E-state index contributed by atoms with van der Waals surface area (Å²) in [5.41, 5.74) is 3.83. The Morgan fingerprint density at radius 1 is 1.10 bits per heavy atom. The summed E-state index contributed by atoms with van der Waals surface area (Å²) < 4.78 is 27.0. The highest BCUT2D eigenvalue weighted by Crippen LogP contribution is 2.24. The number of benzene rings is 2. The van der Waals surface area contributed by atoms with Gasteiger partial charge in [-0.3, -0.25) is 4.79 Å². The summed E-state index contributed by atoms with van der Waals surface area (Å²) in [5, 5.41) is 4.07. The number of amides is 1. The van der Waals surface area contributed by atoms with Crippen molar-refractivity contribution < 1.29 is 13.2 Å². The van der Waals surface area contributed by atoms with Crippen LogP contribution in [-0.4, -0.2) is 43.2 Å². The van der Waals surface area contributed by atoms with Crippen molar-refractivity contribution >= 4 is 26.8 Å². The SMILES string of the molecule is Cc1cc(C)c2cc(C(=O)NCC3CCN(S(=O)(=O)c4ccccc4)CC3)[nH]c2c1. The first-order valence-electron chi connectivity index (χ1n) is 10.3. The van der Waals surface area contributed by atoms with Crippen LogP contribution in [0.3, 0.4) is 0 Å². The van der Waals surface area contributed by atoms with Crippen LogP contribution < -0.4 is 5.32 Å². The van der Waals surface area contributed by atoms with Crippen LogP contribution in [0.15, 0.2) is 53.4 Å². The highest BCUT2D eigenvalue weighted by molar-refractivity contribution is 7.89. The average molecular weight is 426 g/mol. The molecule has 0 atom stereocenters. The number of fused-ring (bicyclic) bond motifs is 1. The molecule has 1 saturated heterocycles. The first kappa shape index (κ1) is 20.6. The normalized spacial score (nSPS) is 16.1. The highest BCUT2D eigenvalue weighted by atomic mass is 32.2. The number of rotatable bonds is 5. The van der Waals surface area contributed by atoms with Crippen molar-refractivity contribution in [2.75, 3.05) is 19.6 Å². The predicted octanol–water partition coefficient (Wildman–Crippen LogP) is 3.62. The van der Waals surface area contributed by atoms with E-state index in [0.29, 0.717) is 30.2 Å². The second-order valence-corrected chi connectivity index (χ2v) is 10.0. The second kappa shape index (κ2) is 8.24. The van der Waals surface area contributed by atoms with E-state index in [-0.39, 0.29) is 11.8 Å². The largest absolute Gasteiger partial charge is 0.351 e. The Hall–Kier alpha value is -2.64. The predicted molar refractivity (Wildman–Crippen MR) is 118 cm³/mol. The molecule has 0 aliphatic carbocycles. The molecular formula is C23H27N3O3S. The number of piperidine rings is 1. The molecule has 0 saturated carbocycles. The molecule has 0 spiro atoms. The van der Waals surface area contributed by atoms with Crippen LogP contribution in [0.25, 0.3) is 10.9 Å². The van der Waals surface area contributed by atoms with E-state index in [0.717, 1.165) is 34.9 Å². The summed E-state index contributed by atoms with van der Waals surface area (Å²) in [6.45, 7) is 5.58. The molecule has 3 aromatic rings. The van der Waals surface area contributed by atoms with Crippen LogP contribution in [0.1, 0.15) is 34.5 Å². The number of nitrogens with one attached hydrogen (secondary N) is 2. The van der Waals surface area contributed by atoms with Gasteiger partial charge in [-0.15, -0.1) is 0 Å². The summed E-state index contributed by atoms with van der Waals surface area (Å²) in [6.07, 6.45) is 1.47. The maximum Gasteiger partial charge on any atom is 0.267 e. The van der Waals surface area contributed by atoms with E-state index in [1.54, 1.807) is 28.6 Å². The molecule has 1 aliphatic rings. The number of aromatic amines is 1. The molecule has 2 heterocycles. The van der Waals surface area contributed by atoms with Crippen LogP contribution >= 0.6 is 0 Å². The monoisotopic (exact) mass is 425 g/mol. The number of nitrogens with zero attached hydrogens (tertiary/aromatic N) is 1. The van der Waals surface area contributed by atoms with Gasteiger partial charge in [-0.1, -0.05) is 24.3 Å². The molecule has 1 aromatic heterocycles. The van der Waals surface area contributed by atoms with E-state index in [4.69, 9.17) is 0 Å². The van der Waals surface area contributed by atoms with E-state index in [1.807, 2.05) is 32.0 Å². The summed E-state index contributed by atoms with van der Waals surface area (Å²) in [6, 6.07) is 14.6. The van der Waals surface area contributed by atoms with Crippen molar-refractivity contribution in [1.29, 1.82) is 0 Å². The summed E-state index contributed by atoms with van der Waals surface area (Å²) in [5.74, 6) is 0.145. The van der Waals surface area contributed by atoms with E-state index in [9.17, 15) is 13.2 Å². The van der Waals surface area contributed by atoms with Gasteiger partial charge < -0.3 is 10.3 Å². The lowest BCUT2D eigenvalue weighted by atomic mass is 9.98. The molecular weight excluding hydrogens is 398 g/mol. The zero-order chi connectivity index (χ0) is 21.3. The lowest BCUT2D eigenvalue weighted by molar-refractivity contribution is 0.0937. The number of aryl methyl sites for hydroxylation is 2. The van der Waals surface area contributed by atoms with E-state index >= 15 is 0 Å². The van der Waals surface area contributed by atoms with Crippen LogP contribution in [-0.2, 0) is 10.0 Å². The zero-order valence-corrected chi connectivity index (χ0v) is 18.1. The summed E-state index contributed by atoms with van der Waals surface area (Å²) in [7, 11) is -3.44. The third-order valence-electron chi connectivity index (χ3n) is 5.84. The van der Waals surface area contributed by atoms with Crippen molar-refractivity contribution in [2.45, 2.75) is 31.6 Å². The van der Waals surface area contributed by atoms with Crippen molar-refractivity contribution in [3.8, 4) is 0 Å².